The fourth-order valence-corrected chi connectivity index (χ4v) is 1.36. The summed E-state index contributed by atoms with van der Waals surface area (Å²) in [6.45, 7) is 0. The van der Waals surface area contributed by atoms with E-state index in [2.05, 4.69) is 9.97 Å². The molecule has 0 saturated carbocycles. The highest BCUT2D eigenvalue weighted by Gasteiger charge is 2.18. The van der Waals surface area contributed by atoms with Crippen molar-refractivity contribution >= 4 is 22.5 Å². The molecule has 0 aliphatic heterocycles. The van der Waals surface area contributed by atoms with Crippen LogP contribution in [0.5, 0.6) is 0 Å². The maximum atomic E-state index is 13.3. The molecule has 0 saturated heterocycles. The molecule has 0 spiro atoms. The van der Waals surface area contributed by atoms with Gasteiger partial charge >= 0.3 is 0 Å². The number of aromatic amines is 1. The molecule has 0 aliphatic carbocycles. The van der Waals surface area contributed by atoms with E-state index in [1.165, 1.54) is 0 Å². The van der Waals surface area contributed by atoms with E-state index >= 15 is 0 Å². The number of nitrogen functional groups attached to an aromatic ring is 1. The topological polar surface area (TPSA) is 115 Å². The van der Waals surface area contributed by atoms with Crippen LogP contribution in [0.1, 0.15) is 0 Å². The Kier molecular flexibility index (Phi) is 2.04. The second-order valence-corrected chi connectivity index (χ2v) is 3.00. The van der Waals surface area contributed by atoms with Gasteiger partial charge in [0.15, 0.2) is 5.52 Å². The summed E-state index contributed by atoms with van der Waals surface area (Å²) >= 11 is 0. The SMILES string of the molecule is Nc1nc2c([N+](=O)[O-])ccc(F)c2c(=O)[nH]1. The fourth-order valence-electron chi connectivity index (χ4n) is 1.36. The van der Waals surface area contributed by atoms with Crippen molar-refractivity contribution in [3.05, 3.63) is 38.4 Å². The predicted molar refractivity (Wildman–Crippen MR) is 53.4 cm³/mol. The van der Waals surface area contributed by atoms with Gasteiger partial charge in [-0.1, -0.05) is 0 Å². The summed E-state index contributed by atoms with van der Waals surface area (Å²) in [4.78, 5) is 26.9. The van der Waals surface area contributed by atoms with Crippen molar-refractivity contribution in [2.75, 3.05) is 5.73 Å². The number of nitrogens with zero attached hydrogens (tertiary/aromatic N) is 2. The van der Waals surface area contributed by atoms with Crippen molar-refractivity contribution in [2.45, 2.75) is 0 Å². The van der Waals surface area contributed by atoms with Crippen LogP contribution in [0, 0.1) is 15.9 Å². The molecule has 0 amide bonds. The molecule has 82 valence electrons. The normalized spacial score (nSPS) is 10.6. The lowest BCUT2D eigenvalue weighted by molar-refractivity contribution is -0.383. The number of anilines is 1. The number of nitro groups is 1. The van der Waals surface area contributed by atoms with Gasteiger partial charge in [-0.15, -0.1) is 0 Å². The molecule has 0 bridgehead atoms. The van der Waals surface area contributed by atoms with Gasteiger partial charge in [-0.05, 0) is 6.07 Å². The number of nitro benzene ring substituents is 1. The highest BCUT2D eigenvalue weighted by molar-refractivity contribution is 5.87. The van der Waals surface area contributed by atoms with E-state index < -0.39 is 27.4 Å². The first kappa shape index (κ1) is 10.0. The third kappa shape index (κ3) is 1.36. The zero-order valence-electron chi connectivity index (χ0n) is 7.73. The summed E-state index contributed by atoms with van der Waals surface area (Å²) < 4.78 is 13.3. The van der Waals surface area contributed by atoms with Crippen molar-refractivity contribution in [2.24, 2.45) is 0 Å². The number of non-ortho nitro benzene ring substituents is 1. The monoisotopic (exact) mass is 224 g/mol. The van der Waals surface area contributed by atoms with Crippen molar-refractivity contribution in [3.8, 4) is 0 Å². The lowest BCUT2D eigenvalue weighted by Crippen LogP contribution is -2.13. The summed E-state index contributed by atoms with van der Waals surface area (Å²) in [5.74, 6) is -1.18. The molecular weight excluding hydrogens is 219 g/mol. The van der Waals surface area contributed by atoms with Gasteiger partial charge in [0, 0.05) is 6.07 Å². The molecule has 0 radical (unpaired) electrons. The Morgan fingerprint density at radius 3 is 2.81 bits per heavy atom. The van der Waals surface area contributed by atoms with Crippen LogP contribution in [0.3, 0.4) is 0 Å². The zero-order valence-corrected chi connectivity index (χ0v) is 7.73. The van der Waals surface area contributed by atoms with Gasteiger partial charge in [0.05, 0.1) is 4.92 Å². The largest absolute Gasteiger partial charge is 0.369 e. The molecule has 1 heterocycles. The molecule has 7 nitrogen and oxygen atoms in total. The number of hydrogen-bond acceptors (Lipinski definition) is 5. The second-order valence-electron chi connectivity index (χ2n) is 3.00. The third-order valence-electron chi connectivity index (χ3n) is 2.00. The number of rotatable bonds is 1. The summed E-state index contributed by atoms with van der Waals surface area (Å²) in [5.41, 5.74) is 3.57. The van der Waals surface area contributed by atoms with E-state index in [0.29, 0.717) is 0 Å². The van der Waals surface area contributed by atoms with E-state index in [1.807, 2.05) is 0 Å². The number of benzene rings is 1. The first-order chi connectivity index (χ1) is 7.50. The van der Waals surface area contributed by atoms with Crippen LogP contribution in [0.15, 0.2) is 16.9 Å². The van der Waals surface area contributed by atoms with Gasteiger partial charge in [0.25, 0.3) is 11.2 Å². The maximum absolute atomic E-state index is 13.3. The Bertz CT molecular complexity index is 652. The Labute approximate surface area is 86.9 Å². The van der Waals surface area contributed by atoms with E-state index in [4.69, 9.17) is 5.73 Å². The summed E-state index contributed by atoms with van der Waals surface area (Å²) in [6.07, 6.45) is 0. The number of hydrogen-bond donors (Lipinski definition) is 2. The molecule has 1 aromatic heterocycles. The van der Waals surface area contributed by atoms with Crippen LogP contribution in [0.25, 0.3) is 10.9 Å². The predicted octanol–water partition coefficient (Wildman–Crippen LogP) is 0.553. The van der Waals surface area contributed by atoms with Crippen molar-refractivity contribution < 1.29 is 9.31 Å². The quantitative estimate of drug-likeness (QED) is 0.542. The molecular formula is C8H5FN4O3. The first-order valence-electron chi connectivity index (χ1n) is 4.13. The van der Waals surface area contributed by atoms with E-state index in [-0.39, 0.29) is 11.5 Å². The molecule has 2 rings (SSSR count). The van der Waals surface area contributed by atoms with Crippen LogP contribution in [-0.4, -0.2) is 14.9 Å². The average Bonchev–Trinajstić information content (AvgIpc) is 2.15. The molecule has 3 N–H and O–H groups in total. The van der Waals surface area contributed by atoms with Crippen LogP contribution < -0.4 is 11.3 Å². The zero-order chi connectivity index (χ0) is 11.9. The first-order valence-corrected chi connectivity index (χ1v) is 4.13. The van der Waals surface area contributed by atoms with Gasteiger partial charge in [0.2, 0.25) is 5.95 Å². The molecule has 0 aliphatic rings. The van der Waals surface area contributed by atoms with Crippen molar-refractivity contribution in [1.82, 2.24) is 9.97 Å². The maximum Gasteiger partial charge on any atom is 0.296 e. The fraction of sp³-hybridized carbons (Fsp3) is 0. The molecule has 1 aromatic carbocycles. The summed E-state index contributed by atoms with van der Waals surface area (Å²) in [7, 11) is 0. The molecule has 0 fully saturated rings. The van der Waals surface area contributed by atoms with Crippen molar-refractivity contribution in [1.29, 1.82) is 0 Å². The Morgan fingerprint density at radius 2 is 2.19 bits per heavy atom. The van der Waals surface area contributed by atoms with Crippen molar-refractivity contribution in [3.63, 3.8) is 0 Å². The van der Waals surface area contributed by atoms with E-state index in [0.717, 1.165) is 12.1 Å². The van der Waals surface area contributed by atoms with Crippen LogP contribution in [-0.2, 0) is 0 Å². The van der Waals surface area contributed by atoms with E-state index in [9.17, 15) is 19.3 Å². The molecule has 16 heavy (non-hydrogen) atoms. The number of nitrogens with two attached hydrogens (primary N) is 1. The van der Waals surface area contributed by atoms with Crippen LogP contribution in [0.2, 0.25) is 0 Å². The summed E-state index contributed by atoms with van der Waals surface area (Å²) in [6, 6.07) is 1.77. The third-order valence-corrected chi connectivity index (χ3v) is 2.00. The lowest BCUT2D eigenvalue weighted by atomic mass is 10.2. The highest BCUT2D eigenvalue weighted by Crippen LogP contribution is 2.23. The Morgan fingerprint density at radius 1 is 1.50 bits per heavy atom. The van der Waals surface area contributed by atoms with Gasteiger partial charge < -0.3 is 5.73 Å². The van der Waals surface area contributed by atoms with Crippen LogP contribution in [0.4, 0.5) is 16.0 Å². The minimum atomic E-state index is -0.880. The molecule has 0 unspecified atom stereocenters. The average molecular weight is 224 g/mol. The number of halogens is 1. The minimum Gasteiger partial charge on any atom is -0.369 e. The molecule has 2 aromatic rings. The number of fused-ring (bicyclic) bond motifs is 1. The smallest absolute Gasteiger partial charge is 0.296 e. The number of nitrogens with one attached hydrogen (secondary N) is 1. The highest BCUT2D eigenvalue weighted by atomic mass is 19.1. The van der Waals surface area contributed by atoms with Gasteiger partial charge in [-0.25, -0.2) is 9.37 Å². The van der Waals surface area contributed by atoms with Gasteiger partial charge in [-0.3, -0.25) is 19.9 Å². The summed E-state index contributed by atoms with van der Waals surface area (Å²) in [5, 5.41) is 10.2. The molecule has 0 atom stereocenters. The minimum absolute atomic E-state index is 0.300. The van der Waals surface area contributed by atoms with Gasteiger partial charge in [-0.2, -0.15) is 0 Å². The standard InChI is InChI=1S/C8H5FN4O3/c9-3-1-2-4(13(15)16)6-5(3)7(14)12-8(10)11-6/h1-2H,(H3,10,11,12,14). The number of H-pyrrole nitrogens is 1. The second kappa shape index (κ2) is 3.26. The molecule has 8 heteroatoms. The Hall–Kier alpha value is -2.51. The number of aromatic nitrogens is 2. The Balaban J connectivity index is 3.04. The van der Waals surface area contributed by atoms with Crippen LogP contribution >= 0.6 is 0 Å². The van der Waals surface area contributed by atoms with Gasteiger partial charge in [0.1, 0.15) is 11.2 Å². The lowest BCUT2D eigenvalue weighted by Gasteiger charge is -2.00. The van der Waals surface area contributed by atoms with E-state index in [1.54, 1.807) is 0 Å².